The van der Waals surface area contributed by atoms with E-state index >= 15 is 0 Å². The van der Waals surface area contributed by atoms with Crippen molar-refractivity contribution in [3.63, 3.8) is 0 Å². The number of rotatable bonds is 5. The smallest absolute Gasteiger partial charge is 0.134 e. The number of halogens is 1. The predicted octanol–water partition coefficient (Wildman–Crippen LogP) is 3.44. The van der Waals surface area contributed by atoms with Gasteiger partial charge in [0.2, 0.25) is 0 Å². The van der Waals surface area contributed by atoms with Crippen LogP contribution in [-0.2, 0) is 6.42 Å². The van der Waals surface area contributed by atoms with Crippen LogP contribution in [0.4, 0.5) is 0 Å². The third-order valence-corrected chi connectivity index (χ3v) is 4.35. The number of aryl methyl sites for hydroxylation is 1. The molecule has 3 aromatic rings. The number of hydrogen-bond acceptors (Lipinski definition) is 6. The van der Waals surface area contributed by atoms with E-state index in [1.807, 2.05) is 18.2 Å². The van der Waals surface area contributed by atoms with Gasteiger partial charge in [0.25, 0.3) is 0 Å². The molecule has 7 heteroatoms. The van der Waals surface area contributed by atoms with E-state index < -0.39 is 0 Å². The van der Waals surface area contributed by atoms with Gasteiger partial charge in [-0.25, -0.2) is 5.43 Å². The lowest BCUT2D eigenvalue weighted by Crippen LogP contribution is -2.28. The monoisotopic (exact) mass is 322 g/mol. The lowest BCUT2D eigenvalue weighted by Gasteiger charge is -2.11. The number of fused-ring (bicyclic) bond motifs is 1. The van der Waals surface area contributed by atoms with Gasteiger partial charge < -0.3 is 4.42 Å². The topological polar surface area (TPSA) is 77.0 Å². The molecule has 3 N–H and O–H groups in total. The Kier molecular flexibility index (Phi) is 4.21. The number of hydrazine groups is 1. The fraction of sp³-hybridized carbons (Fsp3) is 0.286. The summed E-state index contributed by atoms with van der Waals surface area (Å²) in [6.07, 6.45) is 1.88. The zero-order valence-electron chi connectivity index (χ0n) is 11.5. The molecule has 0 aliphatic heterocycles. The molecular weight excluding hydrogens is 308 g/mol. The van der Waals surface area contributed by atoms with Crippen LogP contribution in [0.3, 0.4) is 0 Å². The predicted molar refractivity (Wildman–Crippen MR) is 84.3 cm³/mol. The maximum Gasteiger partial charge on any atom is 0.134 e. The summed E-state index contributed by atoms with van der Waals surface area (Å²) in [6, 6.07) is 7.22. The molecule has 110 valence electrons. The summed E-state index contributed by atoms with van der Waals surface area (Å²) < 4.78 is 9.92. The second-order valence-corrected chi connectivity index (χ2v) is 5.99. The zero-order chi connectivity index (χ0) is 14.8. The van der Waals surface area contributed by atoms with Gasteiger partial charge in [0.05, 0.1) is 10.6 Å². The van der Waals surface area contributed by atoms with Crippen molar-refractivity contribution in [2.75, 3.05) is 0 Å². The Labute approximate surface area is 131 Å². The number of nitrogens with zero attached hydrogens (tertiary/aromatic N) is 2. The Hall–Kier alpha value is -1.47. The van der Waals surface area contributed by atoms with Gasteiger partial charge in [-0.2, -0.15) is 0 Å². The molecule has 1 atom stereocenters. The van der Waals surface area contributed by atoms with Gasteiger partial charge >= 0.3 is 0 Å². The Morgan fingerprint density at radius 3 is 3.05 bits per heavy atom. The standard InChI is InChI=1S/C14H15ClN4OS/c1-2-3-10-14(21-19-18-10)13(17-16)12-7-8-6-9(15)4-5-11(8)20-12/h4-7,13,17H,2-3,16H2,1H3. The Bertz CT molecular complexity index is 754. The summed E-state index contributed by atoms with van der Waals surface area (Å²) in [7, 11) is 0. The van der Waals surface area contributed by atoms with Crippen molar-refractivity contribution in [2.24, 2.45) is 5.84 Å². The number of nitrogens with two attached hydrogens (primary N) is 1. The molecule has 0 radical (unpaired) electrons. The minimum Gasteiger partial charge on any atom is -0.459 e. The van der Waals surface area contributed by atoms with Crippen LogP contribution in [0.15, 0.2) is 28.7 Å². The lowest BCUT2D eigenvalue weighted by molar-refractivity contribution is 0.479. The maximum absolute atomic E-state index is 6.01. The van der Waals surface area contributed by atoms with Crippen LogP contribution < -0.4 is 11.3 Å². The molecule has 0 bridgehead atoms. The molecule has 0 saturated heterocycles. The summed E-state index contributed by atoms with van der Waals surface area (Å²) in [5, 5.41) is 5.81. The molecule has 2 heterocycles. The summed E-state index contributed by atoms with van der Waals surface area (Å²) in [5.74, 6) is 6.46. The van der Waals surface area contributed by atoms with Crippen LogP contribution in [0, 0.1) is 0 Å². The largest absolute Gasteiger partial charge is 0.459 e. The van der Waals surface area contributed by atoms with E-state index in [9.17, 15) is 0 Å². The van der Waals surface area contributed by atoms with E-state index in [1.54, 1.807) is 6.07 Å². The molecule has 5 nitrogen and oxygen atoms in total. The van der Waals surface area contributed by atoms with Gasteiger partial charge in [0, 0.05) is 10.4 Å². The van der Waals surface area contributed by atoms with Gasteiger partial charge in [-0.1, -0.05) is 29.4 Å². The number of benzene rings is 1. The van der Waals surface area contributed by atoms with Gasteiger partial charge in [-0.05, 0) is 42.2 Å². The van der Waals surface area contributed by atoms with Crippen molar-refractivity contribution < 1.29 is 4.42 Å². The Morgan fingerprint density at radius 2 is 2.29 bits per heavy atom. The van der Waals surface area contributed by atoms with Crippen LogP contribution in [0.25, 0.3) is 11.0 Å². The molecule has 0 aliphatic rings. The fourth-order valence-electron chi connectivity index (χ4n) is 2.31. The highest BCUT2D eigenvalue weighted by Crippen LogP contribution is 2.32. The van der Waals surface area contributed by atoms with Crippen molar-refractivity contribution in [3.8, 4) is 0 Å². The van der Waals surface area contributed by atoms with Gasteiger partial charge in [0.1, 0.15) is 17.4 Å². The quantitative estimate of drug-likeness (QED) is 0.556. The van der Waals surface area contributed by atoms with E-state index in [2.05, 4.69) is 21.9 Å². The molecule has 3 rings (SSSR count). The Balaban J connectivity index is 2.03. The highest BCUT2D eigenvalue weighted by molar-refractivity contribution is 7.05. The van der Waals surface area contributed by atoms with Crippen molar-refractivity contribution in [3.05, 3.63) is 45.6 Å². The first kappa shape index (κ1) is 14.5. The molecule has 0 amide bonds. The van der Waals surface area contributed by atoms with E-state index in [4.69, 9.17) is 21.9 Å². The first-order valence-corrected chi connectivity index (χ1v) is 7.84. The normalized spacial score (nSPS) is 12.9. The molecule has 21 heavy (non-hydrogen) atoms. The van der Waals surface area contributed by atoms with E-state index in [0.717, 1.165) is 40.1 Å². The average Bonchev–Trinajstić information content (AvgIpc) is 3.07. The molecule has 0 saturated carbocycles. The van der Waals surface area contributed by atoms with Crippen LogP contribution in [0.5, 0.6) is 0 Å². The summed E-state index contributed by atoms with van der Waals surface area (Å²) in [6.45, 7) is 2.11. The number of hydrogen-bond donors (Lipinski definition) is 2. The van der Waals surface area contributed by atoms with E-state index in [0.29, 0.717) is 5.02 Å². The minimum absolute atomic E-state index is 0.252. The van der Waals surface area contributed by atoms with Crippen molar-refractivity contribution in [1.29, 1.82) is 0 Å². The highest BCUT2D eigenvalue weighted by Gasteiger charge is 2.23. The van der Waals surface area contributed by atoms with Crippen LogP contribution >= 0.6 is 23.1 Å². The summed E-state index contributed by atoms with van der Waals surface area (Å²) in [4.78, 5) is 0.990. The molecular formula is C14H15ClN4OS. The molecule has 2 aromatic heterocycles. The molecule has 1 aromatic carbocycles. The summed E-state index contributed by atoms with van der Waals surface area (Å²) in [5.41, 5.74) is 4.54. The first-order chi connectivity index (χ1) is 10.2. The van der Waals surface area contributed by atoms with Gasteiger partial charge in [0.15, 0.2) is 0 Å². The first-order valence-electron chi connectivity index (χ1n) is 6.69. The van der Waals surface area contributed by atoms with Crippen LogP contribution in [0.1, 0.15) is 35.7 Å². The highest BCUT2D eigenvalue weighted by atomic mass is 35.5. The second-order valence-electron chi connectivity index (χ2n) is 4.76. The average molecular weight is 323 g/mol. The van der Waals surface area contributed by atoms with E-state index in [1.165, 1.54) is 11.5 Å². The lowest BCUT2D eigenvalue weighted by atomic mass is 10.1. The third kappa shape index (κ3) is 2.80. The number of furan rings is 1. The Morgan fingerprint density at radius 1 is 1.43 bits per heavy atom. The molecule has 0 spiro atoms. The SMILES string of the molecule is CCCc1nnsc1C(NN)c1cc2cc(Cl)ccc2o1. The fourth-order valence-corrected chi connectivity index (χ4v) is 3.25. The second kappa shape index (κ2) is 6.11. The third-order valence-electron chi connectivity index (χ3n) is 3.28. The number of nitrogens with one attached hydrogen (secondary N) is 1. The van der Waals surface area contributed by atoms with E-state index in [-0.39, 0.29) is 6.04 Å². The van der Waals surface area contributed by atoms with Gasteiger partial charge in [-0.15, -0.1) is 5.10 Å². The number of aromatic nitrogens is 2. The van der Waals surface area contributed by atoms with Crippen LogP contribution in [0.2, 0.25) is 5.02 Å². The molecule has 1 unspecified atom stereocenters. The van der Waals surface area contributed by atoms with Crippen LogP contribution in [-0.4, -0.2) is 9.59 Å². The van der Waals surface area contributed by atoms with Crippen molar-refractivity contribution in [1.82, 2.24) is 15.0 Å². The summed E-state index contributed by atoms with van der Waals surface area (Å²) >= 11 is 7.35. The molecule has 0 fully saturated rings. The van der Waals surface area contributed by atoms with Crippen molar-refractivity contribution >= 4 is 34.1 Å². The maximum atomic E-state index is 6.01. The van der Waals surface area contributed by atoms with Crippen molar-refractivity contribution in [2.45, 2.75) is 25.8 Å². The minimum atomic E-state index is -0.252. The molecule has 0 aliphatic carbocycles. The zero-order valence-corrected chi connectivity index (χ0v) is 13.0. The van der Waals surface area contributed by atoms with Gasteiger partial charge in [-0.3, -0.25) is 5.84 Å².